The minimum absolute atomic E-state index is 0.477. The first kappa shape index (κ1) is 12.7. The van der Waals surface area contributed by atoms with Crippen LogP contribution in [0.1, 0.15) is 11.3 Å². The fourth-order valence-electron chi connectivity index (χ4n) is 2.16. The molecule has 20 heavy (non-hydrogen) atoms. The van der Waals surface area contributed by atoms with E-state index in [-0.39, 0.29) is 0 Å². The Balaban J connectivity index is 1.71. The van der Waals surface area contributed by atoms with Crippen LogP contribution in [0.3, 0.4) is 0 Å². The molecule has 0 spiro atoms. The summed E-state index contributed by atoms with van der Waals surface area (Å²) in [6.07, 6.45) is 3.98. The van der Waals surface area contributed by atoms with Crippen molar-refractivity contribution in [3.05, 3.63) is 66.1 Å². The lowest BCUT2D eigenvalue weighted by Gasteiger charge is -2.06. The van der Waals surface area contributed by atoms with Gasteiger partial charge in [0.2, 0.25) is 0 Å². The van der Waals surface area contributed by atoms with E-state index < -0.39 is 0 Å². The molecule has 4 nitrogen and oxygen atoms in total. The van der Waals surface area contributed by atoms with Crippen molar-refractivity contribution in [3.63, 3.8) is 0 Å². The van der Waals surface area contributed by atoms with E-state index in [0.29, 0.717) is 6.61 Å². The summed E-state index contributed by atoms with van der Waals surface area (Å²) in [6.45, 7) is 1.32. The molecule has 1 aromatic carbocycles. The molecule has 0 atom stereocenters. The van der Waals surface area contributed by atoms with Gasteiger partial charge in [-0.2, -0.15) is 0 Å². The summed E-state index contributed by atoms with van der Waals surface area (Å²) >= 11 is 0. The number of imidazole rings is 1. The van der Waals surface area contributed by atoms with Gasteiger partial charge in [0.25, 0.3) is 0 Å². The molecule has 0 aliphatic heterocycles. The standard InChI is InChI=1S/C16H17N3O/c1-17-10-13-5-4-6-15(9-13)20-12-14-11-19-8-3-2-7-16(19)18-14/h2-9,11,17H,10,12H2,1H3. The van der Waals surface area contributed by atoms with E-state index in [4.69, 9.17) is 4.74 Å². The first-order valence-corrected chi connectivity index (χ1v) is 6.64. The van der Waals surface area contributed by atoms with E-state index in [1.54, 1.807) is 0 Å². The topological polar surface area (TPSA) is 38.6 Å². The van der Waals surface area contributed by atoms with E-state index in [0.717, 1.165) is 23.6 Å². The minimum Gasteiger partial charge on any atom is -0.487 e. The van der Waals surface area contributed by atoms with Gasteiger partial charge in [0.1, 0.15) is 18.0 Å². The van der Waals surface area contributed by atoms with E-state index in [2.05, 4.69) is 16.4 Å². The van der Waals surface area contributed by atoms with E-state index in [9.17, 15) is 0 Å². The molecule has 0 unspecified atom stereocenters. The minimum atomic E-state index is 0.477. The second-order valence-electron chi connectivity index (χ2n) is 4.66. The molecular weight excluding hydrogens is 250 g/mol. The molecule has 2 aromatic heterocycles. The largest absolute Gasteiger partial charge is 0.487 e. The molecule has 0 amide bonds. The fraction of sp³-hybridized carbons (Fsp3) is 0.188. The Morgan fingerprint density at radius 1 is 1.20 bits per heavy atom. The maximum atomic E-state index is 5.80. The average molecular weight is 267 g/mol. The van der Waals surface area contributed by atoms with Gasteiger partial charge in [0.15, 0.2) is 0 Å². The van der Waals surface area contributed by atoms with Gasteiger partial charge in [0.05, 0.1) is 5.69 Å². The molecule has 102 valence electrons. The number of aromatic nitrogens is 2. The first-order valence-electron chi connectivity index (χ1n) is 6.64. The quantitative estimate of drug-likeness (QED) is 0.772. The van der Waals surface area contributed by atoms with Gasteiger partial charge in [-0.05, 0) is 36.9 Å². The Morgan fingerprint density at radius 2 is 2.15 bits per heavy atom. The van der Waals surface area contributed by atoms with Gasteiger partial charge in [-0.1, -0.05) is 18.2 Å². The predicted octanol–water partition coefficient (Wildman–Crippen LogP) is 2.63. The Bertz CT molecular complexity index is 673. The van der Waals surface area contributed by atoms with Crippen LogP contribution >= 0.6 is 0 Å². The van der Waals surface area contributed by atoms with Gasteiger partial charge < -0.3 is 14.5 Å². The molecule has 0 saturated carbocycles. The highest BCUT2D eigenvalue weighted by Crippen LogP contribution is 2.15. The first-order chi connectivity index (χ1) is 9.85. The lowest BCUT2D eigenvalue weighted by Crippen LogP contribution is -2.05. The number of hydrogen-bond donors (Lipinski definition) is 1. The highest BCUT2D eigenvalue weighted by atomic mass is 16.5. The fourth-order valence-corrected chi connectivity index (χ4v) is 2.16. The highest BCUT2D eigenvalue weighted by molar-refractivity contribution is 5.39. The van der Waals surface area contributed by atoms with Crippen LogP contribution in [0.25, 0.3) is 5.65 Å². The normalized spacial score (nSPS) is 10.8. The molecule has 0 aliphatic rings. The summed E-state index contributed by atoms with van der Waals surface area (Å²) < 4.78 is 7.80. The van der Waals surface area contributed by atoms with Crippen LogP contribution in [-0.4, -0.2) is 16.4 Å². The third-order valence-electron chi connectivity index (χ3n) is 3.08. The number of hydrogen-bond acceptors (Lipinski definition) is 3. The third-order valence-corrected chi connectivity index (χ3v) is 3.08. The van der Waals surface area contributed by atoms with Gasteiger partial charge >= 0.3 is 0 Å². The monoisotopic (exact) mass is 267 g/mol. The van der Waals surface area contributed by atoms with Crippen LogP contribution in [0.2, 0.25) is 0 Å². The number of fused-ring (bicyclic) bond motifs is 1. The molecule has 3 rings (SSSR count). The van der Waals surface area contributed by atoms with E-state index in [1.165, 1.54) is 5.56 Å². The van der Waals surface area contributed by atoms with Crippen molar-refractivity contribution in [2.24, 2.45) is 0 Å². The zero-order valence-corrected chi connectivity index (χ0v) is 11.4. The Kier molecular flexibility index (Phi) is 3.65. The van der Waals surface area contributed by atoms with Crippen LogP contribution in [0, 0.1) is 0 Å². The van der Waals surface area contributed by atoms with Crippen molar-refractivity contribution < 1.29 is 4.74 Å². The average Bonchev–Trinajstić information content (AvgIpc) is 2.89. The number of nitrogens with zero attached hydrogens (tertiary/aromatic N) is 2. The summed E-state index contributed by atoms with van der Waals surface area (Å²) in [6, 6.07) is 14.0. The smallest absolute Gasteiger partial charge is 0.137 e. The van der Waals surface area contributed by atoms with Crippen molar-refractivity contribution in [2.45, 2.75) is 13.2 Å². The maximum Gasteiger partial charge on any atom is 0.137 e. The van der Waals surface area contributed by atoms with E-state index >= 15 is 0 Å². The van der Waals surface area contributed by atoms with Crippen LogP contribution < -0.4 is 10.1 Å². The van der Waals surface area contributed by atoms with Gasteiger partial charge in [-0.15, -0.1) is 0 Å². The van der Waals surface area contributed by atoms with Gasteiger partial charge in [0, 0.05) is 18.9 Å². The summed E-state index contributed by atoms with van der Waals surface area (Å²) in [5.74, 6) is 0.870. The second-order valence-corrected chi connectivity index (χ2v) is 4.66. The van der Waals surface area contributed by atoms with Crippen LogP contribution in [0.4, 0.5) is 0 Å². The molecule has 2 heterocycles. The zero-order valence-electron chi connectivity index (χ0n) is 11.4. The summed E-state index contributed by atoms with van der Waals surface area (Å²) in [5.41, 5.74) is 3.07. The summed E-state index contributed by atoms with van der Waals surface area (Å²) in [7, 11) is 1.93. The molecule has 3 aromatic rings. The molecule has 0 radical (unpaired) electrons. The van der Waals surface area contributed by atoms with Crippen LogP contribution in [0.5, 0.6) is 5.75 Å². The highest BCUT2D eigenvalue weighted by Gasteiger charge is 2.02. The summed E-state index contributed by atoms with van der Waals surface area (Å²) in [4.78, 5) is 4.51. The van der Waals surface area contributed by atoms with Crippen molar-refractivity contribution in [3.8, 4) is 5.75 Å². The number of ether oxygens (including phenoxy) is 1. The maximum absolute atomic E-state index is 5.80. The lowest BCUT2D eigenvalue weighted by atomic mass is 10.2. The van der Waals surface area contributed by atoms with E-state index in [1.807, 2.05) is 60.2 Å². The van der Waals surface area contributed by atoms with Gasteiger partial charge in [-0.25, -0.2) is 4.98 Å². The lowest BCUT2D eigenvalue weighted by molar-refractivity contribution is 0.301. The molecule has 0 aliphatic carbocycles. The molecular formula is C16H17N3O. The van der Waals surface area contributed by atoms with Crippen molar-refractivity contribution in [1.29, 1.82) is 0 Å². The summed E-state index contributed by atoms with van der Waals surface area (Å²) in [5, 5.41) is 3.13. The molecule has 0 fully saturated rings. The third kappa shape index (κ3) is 2.81. The molecule has 1 N–H and O–H groups in total. The SMILES string of the molecule is CNCc1cccc(OCc2cn3ccccc3n2)c1. The second kappa shape index (κ2) is 5.75. The van der Waals surface area contributed by atoms with Crippen molar-refractivity contribution >= 4 is 5.65 Å². The molecule has 0 bridgehead atoms. The Labute approximate surface area is 118 Å². The number of pyridine rings is 1. The molecule has 0 saturated heterocycles. The predicted molar refractivity (Wildman–Crippen MR) is 78.7 cm³/mol. The zero-order chi connectivity index (χ0) is 13.8. The van der Waals surface area contributed by atoms with Crippen molar-refractivity contribution in [1.82, 2.24) is 14.7 Å². The Morgan fingerprint density at radius 3 is 3.00 bits per heavy atom. The van der Waals surface area contributed by atoms with Gasteiger partial charge in [-0.3, -0.25) is 0 Å². The molecule has 4 heteroatoms. The number of nitrogens with one attached hydrogen (secondary N) is 1. The number of benzene rings is 1. The number of rotatable bonds is 5. The van der Waals surface area contributed by atoms with Crippen LogP contribution in [0.15, 0.2) is 54.9 Å². The Hall–Kier alpha value is -2.33. The van der Waals surface area contributed by atoms with Crippen LogP contribution in [-0.2, 0) is 13.2 Å². The van der Waals surface area contributed by atoms with Crippen molar-refractivity contribution in [2.75, 3.05) is 7.05 Å².